The maximum Gasteiger partial charge on any atom is 0.122 e. The second-order valence-electron chi connectivity index (χ2n) is 2.84. The summed E-state index contributed by atoms with van der Waals surface area (Å²) in [7, 11) is 0. The van der Waals surface area contributed by atoms with Gasteiger partial charge >= 0.3 is 0 Å². The molecule has 0 saturated heterocycles. The van der Waals surface area contributed by atoms with Crippen LogP contribution in [0.4, 0.5) is 0 Å². The SMILES string of the molecule is Cc1ccc(C2=NOCC2)nc1. The molecule has 0 amide bonds. The molecule has 0 saturated carbocycles. The van der Waals surface area contributed by atoms with Crippen molar-refractivity contribution in [3.8, 4) is 0 Å². The second-order valence-corrected chi connectivity index (χ2v) is 2.84. The van der Waals surface area contributed by atoms with Crippen LogP contribution in [0.1, 0.15) is 17.7 Å². The van der Waals surface area contributed by atoms with Crippen LogP contribution < -0.4 is 0 Å². The Morgan fingerprint density at radius 3 is 2.92 bits per heavy atom. The highest BCUT2D eigenvalue weighted by Gasteiger charge is 2.10. The lowest BCUT2D eigenvalue weighted by Gasteiger charge is -1.96. The molecule has 0 N–H and O–H groups in total. The van der Waals surface area contributed by atoms with Gasteiger partial charge in [0.1, 0.15) is 12.3 Å². The van der Waals surface area contributed by atoms with Crippen molar-refractivity contribution in [1.82, 2.24) is 4.98 Å². The molecule has 0 unspecified atom stereocenters. The first-order chi connectivity index (χ1) is 5.86. The second kappa shape index (κ2) is 2.93. The van der Waals surface area contributed by atoms with Gasteiger partial charge in [0, 0.05) is 12.6 Å². The number of rotatable bonds is 1. The van der Waals surface area contributed by atoms with Crippen LogP contribution >= 0.6 is 0 Å². The molecule has 1 aliphatic rings. The van der Waals surface area contributed by atoms with Crippen molar-refractivity contribution < 1.29 is 4.84 Å². The van der Waals surface area contributed by atoms with Crippen molar-refractivity contribution in [2.24, 2.45) is 5.16 Å². The first kappa shape index (κ1) is 7.28. The maximum atomic E-state index is 4.89. The molecule has 0 radical (unpaired) electrons. The van der Waals surface area contributed by atoms with E-state index >= 15 is 0 Å². The average Bonchev–Trinajstić information content (AvgIpc) is 2.58. The number of nitrogens with zero attached hydrogens (tertiary/aromatic N) is 2. The first-order valence-electron chi connectivity index (χ1n) is 3.98. The van der Waals surface area contributed by atoms with Crippen molar-refractivity contribution in [3.63, 3.8) is 0 Å². The van der Waals surface area contributed by atoms with E-state index in [0.717, 1.165) is 17.8 Å². The predicted octanol–water partition coefficient (Wildman–Crippen LogP) is 1.51. The molecule has 3 nitrogen and oxygen atoms in total. The van der Waals surface area contributed by atoms with Gasteiger partial charge in [-0.15, -0.1) is 0 Å². The van der Waals surface area contributed by atoms with Gasteiger partial charge < -0.3 is 4.84 Å². The standard InChI is InChI=1S/C9H10N2O/c1-7-2-3-8(10-6-7)9-4-5-12-11-9/h2-3,6H,4-5H2,1H3. The third-order valence-electron chi connectivity index (χ3n) is 1.81. The number of oxime groups is 1. The fraction of sp³-hybridized carbons (Fsp3) is 0.333. The summed E-state index contributed by atoms with van der Waals surface area (Å²) in [5, 5.41) is 3.89. The fourth-order valence-corrected chi connectivity index (χ4v) is 1.12. The van der Waals surface area contributed by atoms with Crippen LogP contribution in [0.2, 0.25) is 0 Å². The van der Waals surface area contributed by atoms with Crippen LogP contribution in [0.25, 0.3) is 0 Å². The van der Waals surface area contributed by atoms with Crippen molar-refractivity contribution in [2.45, 2.75) is 13.3 Å². The lowest BCUT2D eigenvalue weighted by atomic mass is 10.2. The molecule has 0 fully saturated rings. The largest absolute Gasteiger partial charge is 0.395 e. The Balaban J connectivity index is 2.28. The van der Waals surface area contributed by atoms with Gasteiger partial charge in [0.2, 0.25) is 0 Å². The molecule has 12 heavy (non-hydrogen) atoms. The molecule has 3 heteroatoms. The fourth-order valence-electron chi connectivity index (χ4n) is 1.12. The minimum absolute atomic E-state index is 0.685. The minimum Gasteiger partial charge on any atom is -0.395 e. The summed E-state index contributed by atoms with van der Waals surface area (Å²) in [6.07, 6.45) is 2.71. The molecule has 0 aliphatic carbocycles. The Bertz CT molecular complexity index is 303. The summed E-state index contributed by atoms with van der Waals surface area (Å²) in [5.74, 6) is 0. The highest BCUT2D eigenvalue weighted by Crippen LogP contribution is 2.08. The summed E-state index contributed by atoms with van der Waals surface area (Å²) < 4.78 is 0. The van der Waals surface area contributed by atoms with E-state index in [1.165, 1.54) is 5.56 Å². The maximum absolute atomic E-state index is 4.89. The van der Waals surface area contributed by atoms with Gasteiger partial charge in [0.25, 0.3) is 0 Å². The highest BCUT2D eigenvalue weighted by molar-refractivity contribution is 5.99. The van der Waals surface area contributed by atoms with Crippen molar-refractivity contribution in [3.05, 3.63) is 29.6 Å². The molecule has 0 atom stereocenters. The Morgan fingerprint density at radius 2 is 2.33 bits per heavy atom. The van der Waals surface area contributed by atoms with Crippen LogP contribution in [0, 0.1) is 6.92 Å². The van der Waals surface area contributed by atoms with Crippen LogP contribution in [-0.2, 0) is 4.84 Å². The third-order valence-corrected chi connectivity index (χ3v) is 1.81. The molecule has 62 valence electrons. The van der Waals surface area contributed by atoms with Crippen LogP contribution in [0.5, 0.6) is 0 Å². The van der Waals surface area contributed by atoms with E-state index in [4.69, 9.17) is 4.84 Å². The van der Waals surface area contributed by atoms with E-state index in [0.29, 0.717) is 6.61 Å². The highest BCUT2D eigenvalue weighted by atomic mass is 16.6. The lowest BCUT2D eigenvalue weighted by Crippen LogP contribution is -2.00. The summed E-state index contributed by atoms with van der Waals surface area (Å²) in [5.41, 5.74) is 3.05. The van der Waals surface area contributed by atoms with E-state index < -0.39 is 0 Å². The monoisotopic (exact) mass is 162 g/mol. The lowest BCUT2D eigenvalue weighted by molar-refractivity contribution is 0.174. The van der Waals surface area contributed by atoms with Gasteiger partial charge in [-0.3, -0.25) is 4.98 Å². The predicted molar refractivity (Wildman–Crippen MR) is 46.1 cm³/mol. The molecule has 1 aromatic heterocycles. The average molecular weight is 162 g/mol. The quantitative estimate of drug-likeness (QED) is 0.627. The number of aryl methyl sites for hydroxylation is 1. The smallest absolute Gasteiger partial charge is 0.122 e. The molecule has 0 aromatic carbocycles. The van der Waals surface area contributed by atoms with Crippen molar-refractivity contribution in [1.29, 1.82) is 0 Å². The molecule has 0 spiro atoms. The number of aromatic nitrogens is 1. The van der Waals surface area contributed by atoms with Crippen LogP contribution in [-0.4, -0.2) is 17.3 Å². The normalized spacial score (nSPS) is 15.6. The zero-order valence-electron chi connectivity index (χ0n) is 6.95. The van der Waals surface area contributed by atoms with Gasteiger partial charge in [-0.1, -0.05) is 11.2 Å². The van der Waals surface area contributed by atoms with Gasteiger partial charge in [-0.25, -0.2) is 0 Å². The van der Waals surface area contributed by atoms with Gasteiger partial charge in [-0.05, 0) is 18.6 Å². The van der Waals surface area contributed by atoms with Crippen LogP contribution in [0.15, 0.2) is 23.5 Å². The zero-order chi connectivity index (χ0) is 8.39. The van der Waals surface area contributed by atoms with E-state index in [9.17, 15) is 0 Å². The van der Waals surface area contributed by atoms with Crippen LogP contribution in [0.3, 0.4) is 0 Å². The molecule has 2 heterocycles. The van der Waals surface area contributed by atoms with Crippen molar-refractivity contribution >= 4 is 5.71 Å². The molecule has 2 rings (SSSR count). The number of hydrogen-bond acceptors (Lipinski definition) is 3. The summed E-state index contributed by atoms with van der Waals surface area (Å²) >= 11 is 0. The summed E-state index contributed by atoms with van der Waals surface area (Å²) in [4.78, 5) is 9.14. The van der Waals surface area contributed by atoms with Gasteiger partial charge in [0.15, 0.2) is 0 Å². The molecule has 0 bridgehead atoms. The topological polar surface area (TPSA) is 34.5 Å². The molecular formula is C9H10N2O. The van der Waals surface area contributed by atoms with Gasteiger partial charge in [0.05, 0.1) is 5.69 Å². The molecular weight excluding hydrogens is 152 g/mol. The number of pyridine rings is 1. The summed E-state index contributed by atoms with van der Waals surface area (Å²) in [6, 6.07) is 4.01. The first-order valence-corrected chi connectivity index (χ1v) is 3.98. The Hall–Kier alpha value is -1.38. The Morgan fingerprint density at radius 1 is 1.42 bits per heavy atom. The van der Waals surface area contributed by atoms with E-state index in [-0.39, 0.29) is 0 Å². The van der Waals surface area contributed by atoms with E-state index in [1.54, 1.807) is 0 Å². The molecule has 1 aromatic rings. The zero-order valence-corrected chi connectivity index (χ0v) is 6.95. The Labute approximate surface area is 71.1 Å². The third kappa shape index (κ3) is 1.30. The minimum atomic E-state index is 0.685. The summed E-state index contributed by atoms with van der Waals surface area (Å²) in [6.45, 7) is 2.70. The Kier molecular flexibility index (Phi) is 1.78. The molecule has 1 aliphatic heterocycles. The van der Waals surface area contributed by atoms with Gasteiger partial charge in [-0.2, -0.15) is 0 Å². The van der Waals surface area contributed by atoms with Crippen molar-refractivity contribution in [2.75, 3.05) is 6.61 Å². The van der Waals surface area contributed by atoms with E-state index in [2.05, 4.69) is 10.1 Å². The van der Waals surface area contributed by atoms with E-state index in [1.807, 2.05) is 25.3 Å². The number of hydrogen-bond donors (Lipinski definition) is 0.